The molecule has 0 atom stereocenters. The van der Waals surface area contributed by atoms with Crippen molar-refractivity contribution in [2.24, 2.45) is 0 Å². The van der Waals surface area contributed by atoms with Crippen molar-refractivity contribution in [1.82, 2.24) is 4.31 Å². The summed E-state index contributed by atoms with van der Waals surface area (Å²) in [7, 11) is 0. The van der Waals surface area contributed by atoms with E-state index in [1.54, 1.807) is 6.07 Å². The van der Waals surface area contributed by atoms with Crippen LogP contribution in [0.5, 0.6) is 0 Å². The van der Waals surface area contributed by atoms with Crippen LogP contribution in [0, 0.1) is 34.9 Å². The van der Waals surface area contributed by atoms with E-state index in [-0.39, 0.29) is 18.2 Å². The molecule has 3 rings (SSSR count). The maximum atomic E-state index is 13.9. The Morgan fingerprint density at radius 1 is 0.840 bits per heavy atom. The second kappa shape index (κ2) is 7.29. The largest absolute Gasteiger partial charge is 0.239 e. The molecular weight excluding hydrogens is 364 g/mol. The van der Waals surface area contributed by atoms with Crippen LogP contribution in [0.15, 0.2) is 29.2 Å². The minimum Gasteiger partial charge on any atom is -0.239 e. The number of benzene rings is 2. The Hall–Kier alpha value is -1.67. The van der Waals surface area contributed by atoms with Gasteiger partial charge in [0.2, 0.25) is 5.82 Å². The van der Waals surface area contributed by atoms with Crippen LogP contribution < -0.4 is 0 Å². The van der Waals surface area contributed by atoms with Crippen LogP contribution in [0.3, 0.4) is 0 Å². The van der Waals surface area contributed by atoms with Crippen LogP contribution in [0.25, 0.3) is 0 Å². The van der Waals surface area contributed by atoms with E-state index in [0.717, 1.165) is 6.42 Å². The Kier molecular flexibility index (Phi) is 5.29. The summed E-state index contributed by atoms with van der Waals surface area (Å²) in [4.78, 5) is -0.973. The minimum atomic E-state index is -2.19. The van der Waals surface area contributed by atoms with E-state index in [1.165, 1.54) is 22.5 Å². The molecule has 0 radical (unpaired) electrons. The lowest BCUT2D eigenvalue weighted by molar-refractivity contribution is 0.228. The molecule has 0 unspecified atom stereocenters. The standard InChI is InChI=1S/C17H13F6NS/c18-11-7-2-1-4-9(11)8-24(10-5-3-6-10)25-17-15(22)13(20)12(19)14(21)16(17)23/h1-2,4,7,10H,3,5-6,8H2. The van der Waals surface area contributed by atoms with Crippen molar-refractivity contribution in [2.75, 3.05) is 0 Å². The molecule has 0 aliphatic heterocycles. The van der Waals surface area contributed by atoms with E-state index in [4.69, 9.17) is 0 Å². The van der Waals surface area contributed by atoms with Crippen molar-refractivity contribution in [3.63, 3.8) is 0 Å². The third-order valence-electron chi connectivity index (χ3n) is 4.14. The maximum Gasteiger partial charge on any atom is 0.200 e. The summed E-state index contributed by atoms with van der Waals surface area (Å²) in [6, 6.07) is 5.75. The molecule has 2 aromatic carbocycles. The first kappa shape index (κ1) is 18.1. The zero-order valence-corrected chi connectivity index (χ0v) is 13.7. The highest BCUT2D eigenvalue weighted by molar-refractivity contribution is 7.97. The molecule has 0 bridgehead atoms. The van der Waals surface area contributed by atoms with Gasteiger partial charge in [-0.05, 0) is 30.9 Å². The first-order valence-electron chi connectivity index (χ1n) is 7.59. The van der Waals surface area contributed by atoms with Gasteiger partial charge in [0.05, 0.1) is 0 Å². The molecule has 1 saturated carbocycles. The first-order valence-corrected chi connectivity index (χ1v) is 8.37. The lowest BCUT2D eigenvalue weighted by Gasteiger charge is -2.36. The summed E-state index contributed by atoms with van der Waals surface area (Å²) in [6.07, 6.45) is 2.30. The SMILES string of the molecule is Fc1ccccc1CN(Sc1c(F)c(F)c(F)c(F)c1F)C1CCC1. The molecule has 25 heavy (non-hydrogen) atoms. The van der Waals surface area contributed by atoms with Gasteiger partial charge in [-0.15, -0.1) is 0 Å². The predicted molar refractivity (Wildman–Crippen MR) is 81.7 cm³/mol. The molecule has 1 aliphatic carbocycles. The van der Waals surface area contributed by atoms with E-state index < -0.39 is 39.8 Å². The highest BCUT2D eigenvalue weighted by atomic mass is 32.2. The lowest BCUT2D eigenvalue weighted by Crippen LogP contribution is -2.35. The Balaban J connectivity index is 1.93. The zero-order chi connectivity index (χ0) is 18.1. The summed E-state index contributed by atoms with van der Waals surface area (Å²) in [5.74, 6) is -10.4. The first-order chi connectivity index (χ1) is 11.9. The number of rotatable bonds is 5. The van der Waals surface area contributed by atoms with Crippen molar-refractivity contribution in [3.8, 4) is 0 Å². The highest BCUT2D eigenvalue weighted by Crippen LogP contribution is 2.39. The molecule has 0 spiro atoms. The van der Waals surface area contributed by atoms with Crippen LogP contribution >= 0.6 is 11.9 Å². The van der Waals surface area contributed by atoms with Crippen molar-refractivity contribution in [3.05, 3.63) is 64.7 Å². The molecule has 0 N–H and O–H groups in total. The topological polar surface area (TPSA) is 3.24 Å². The lowest BCUT2D eigenvalue weighted by atomic mass is 9.93. The van der Waals surface area contributed by atoms with Crippen LogP contribution in [0.4, 0.5) is 26.3 Å². The van der Waals surface area contributed by atoms with Crippen molar-refractivity contribution >= 4 is 11.9 Å². The minimum absolute atomic E-state index is 0.0124. The zero-order valence-electron chi connectivity index (χ0n) is 12.8. The van der Waals surface area contributed by atoms with Gasteiger partial charge in [-0.25, -0.2) is 30.6 Å². The third kappa shape index (κ3) is 3.50. The molecule has 1 aliphatic rings. The van der Waals surface area contributed by atoms with Gasteiger partial charge < -0.3 is 0 Å². The summed E-state index contributed by atoms with van der Waals surface area (Å²) < 4.78 is 83.1. The smallest absolute Gasteiger partial charge is 0.200 e. The number of nitrogens with zero attached hydrogens (tertiary/aromatic N) is 1. The van der Waals surface area contributed by atoms with Gasteiger partial charge in [0.15, 0.2) is 23.3 Å². The molecule has 0 aromatic heterocycles. The predicted octanol–water partition coefficient (Wildman–Crippen LogP) is 5.58. The molecule has 0 saturated heterocycles. The van der Waals surface area contributed by atoms with Crippen LogP contribution in [-0.4, -0.2) is 10.3 Å². The van der Waals surface area contributed by atoms with Crippen LogP contribution in [-0.2, 0) is 6.54 Å². The van der Waals surface area contributed by atoms with E-state index in [2.05, 4.69) is 0 Å². The van der Waals surface area contributed by atoms with Gasteiger partial charge in [-0.3, -0.25) is 0 Å². The second-order valence-electron chi connectivity index (χ2n) is 5.74. The van der Waals surface area contributed by atoms with Gasteiger partial charge in [0, 0.05) is 18.2 Å². The van der Waals surface area contributed by atoms with Gasteiger partial charge in [-0.1, -0.05) is 24.6 Å². The number of halogens is 6. The Morgan fingerprint density at radius 3 is 1.92 bits per heavy atom. The average molecular weight is 377 g/mol. The van der Waals surface area contributed by atoms with E-state index in [9.17, 15) is 26.3 Å². The Labute approximate surface area is 144 Å². The maximum absolute atomic E-state index is 13.9. The van der Waals surface area contributed by atoms with Crippen LogP contribution in [0.1, 0.15) is 24.8 Å². The molecule has 8 heteroatoms. The van der Waals surface area contributed by atoms with E-state index >= 15 is 0 Å². The highest BCUT2D eigenvalue weighted by Gasteiger charge is 2.32. The van der Waals surface area contributed by atoms with Gasteiger partial charge in [0.1, 0.15) is 10.7 Å². The van der Waals surface area contributed by atoms with E-state index in [1.807, 2.05) is 0 Å². The van der Waals surface area contributed by atoms with Crippen molar-refractivity contribution in [2.45, 2.75) is 36.7 Å². The summed E-state index contributed by atoms with van der Waals surface area (Å²) in [5.41, 5.74) is 0.283. The monoisotopic (exact) mass is 377 g/mol. The molecule has 2 aromatic rings. The third-order valence-corrected chi connectivity index (χ3v) is 5.35. The average Bonchev–Trinajstić information content (AvgIpc) is 2.55. The van der Waals surface area contributed by atoms with Crippen molar-refractivity contribution in [1.29, 1.82) is 0 Å². The van der Waals surface area contributed by atoms with Crippen molar-refractivity contribution < 1.29 is 26.3 Å². The van der Waals surface area contributed by atoms with Crippen LogP contribution in [0.2, 0.25) is 0 Å². The van der Waals surface area contributed by atoms with Gasteiger partial charge in [-0.2, -0.15) is 0 Å². The van der Waals surface area contributed by atoms with Gasteiger partial charge in [0.25, 0.3) is 0 Å². The molecular formula is C17H13F6NS. The molecule has 0 amide bonds. The Morgan fingerprint density at radius 2 is 1.40 bits per heavy atom. The molecule has 0 heterocycles. The normalized spacial score (nSPS) is 14.8. The summed E-state index contributed by atoms with van der Waals surface area (Å²) >= 11 is 0.436. The fourth-order valence-electron chi connectivity index (χ4n) is 2.49. The van der Waals surface area contributed by atoms with Gasteiger partial charge >= 0.3 is 0 Å². The second-order valence-corrected chi connectivity index (χ2v) is 6.80. The number of hydrogen-bond donors (Lipinski definition) is 0. The number of hydrogen-bond acceptors (Lipinski definition) is 2. The molecule has 1 fully saturated rings. The Bertz CT molecular complexity index is 764. The van der Waals surface area contributed by atoms with E-state index in [0.29, 0.717) is 24.8 Å². The summed E-state index contributed by atoms with van der Waals surface area (Å²) in [5, 5.41) is 0. The molecule has 1 nitrogen and oxygen atoms in total. The fraction of sp³-hybridized carbons (Fsp3) is 0.294. The quantitative estimate of drug-likeness (QED) is 0.290. The summed E-state index contributed by atoms with van der Waals surface area (Å²) in [6.45, 7) is -0.0124. The fourth-order valence-corrected chi connectivity index (χ4v) is 3.62. The molecule has 134 valence electrons.